The molecule has 0 spiro atoms. The van der Waals surface area contributed by atoms with Gasteiger partial charge in [0.25, 0.3) is 5.69 Å². The molecule has 0 atom stereocenters. The molecule has 1 amide bonds. The van der Waals surface area contributed by atoms with Gasteiger partial charge in [0.2, 0.25) is 5.91 Å². The zero-order valence-corrected chi connectivity index (χ0v) is 18.8. The van der Waals surface area contributed by atoms with Crippen molar-refractivity contribution < 1.29 is 19.2 Å². The van der Waals surface area contributed by atoms with Crippen molar-refractivity contribution in [2.45, 2.75) is 25.2 Å². The van der Waals surface area contributed by atoms with Crippen LogP contribution in [0.15, 0.2) is 42.6 Å². The summed E-state index contributed by atoms with van der Waals surface area (Å²) in [7, 11) is 3.10. The number of rotatable bonds is 8. The van der Waals surface area contributed by atoms with Crippen LogP contribution in [-0.2, 0) is 4.79 Å². The Labute approximate surface area is 191 Å². The Morgan fingerprint density at radius 3 is 2.67 bits per heavy atom. The van der Waals surface area contributed by atoms with Crippen molar-refractivity contribution in [1.29, 1.82) is 0 Å². The van der Waals surface area contributed by atoms with E-state index in [1.807, 2.05) is 12.1 Å². The molecule has 0 unspecified atom stereocenters. The highest BCUT2D eigenvalue weighted by Crippen LogP contribution is 2.35. The molecule has 33 heavy (non-hydrogen) atoms. The number of ether oxygens (including phenoxy) is 2. The number of carbonyl (C=O) groups excluding carboxylic acids is 1. The third-order valence-electron chi connectivity index (χ3n) is 6.27. The lowest BCUT2D eigenvalue weighted by atomic mass is 9.89. The first-order valence-corrected chi connectivity index (χ1v) is 11.0. The van der Waals surface area contributed by atoms with Crippen LogP contribution >= 0.6 is 0 Å². The van der Waals surface area contributed by atoms with Crippen LogP contribution in [-0.4, -0.2) is 54.6 Å². The number of H-pyrrole nitrogens is 1. The number of aromatic amines is 1. The number of piperidine rings is 1. The van der Waals surface area contributed by atoms with Crippen molar-refractivity contribution in [3.05, 3.63) is 58.3 Å². The van der Waals surface area contributed by atoms with Crippen molar-refractivity contribution >= 4 is 28.2 Å². The number of nitrogens with zero attached hydrogens (tertiary/aromatic N) is 2. The molecule has 1 aliphatic heterocycles. The van der Waals surface area contributed by atoms with E-state index >= 15 is 0 Å². The molecule has 0 saturated carbocycles. The number of nitrogens with one attached hydrogen (secondary N) is 2. The van der Waals surface area contributed by atoms with Gasteiger partial charge in [0.1, 0.15) is 11.5 Å². The number of hydrogen-bond donors (Lipinski definition) is 2. The van der Waals surface area contributed by atoms with Crippen LogP contribution in [0.3, 0.4) is 0 Å². The molecular weight excluding hydrogens is 424 g/mol. The number of anilines is 1. The van der Waals surface area contributed by atoms with Gasteiger partial charge < -0.3 is 24.7 Å². The molecule has 1 aliphatic rings. The van der Waals surface area contributed by atoms with Gasteiger partial charge in [-0.1, -0.05) is 0 Å². The molecule has 4 rings (SSSR count). The number of benzene rings is 2. The molecule has 2 N–H and O–H groups in total. The van der Waals surface area contributed by atoms with Gasteiger partial charge in [0, 0.05) is 36.1 Å². The smallest absolute Gasteiger partial charge is 0.273 e. The molecule has 9 nitrogen and oxygen atoms in total. The number of carbonyl (C=O) groups is 1. The van der Waals surface area contributed by atoms with Crippen molar-refractivity contribution in [2.75, 3.05) is 39.2 Å². The second-order valence-corrected chi connectivity index (χ2v) is 8.21. The Hall–Kier alpha value is -3.59. The lowest BCUT2D eigenvalue weighted by Gasteiger charge is -2.31. The number of non-ortho nitro benzene ring substituents is 1. The summed E-state index contributed by atoms with van der Waals surface area (Å²) in [5.41, 5.74) is 2.79. The molecule has 0 bridgehead atoms. The Morgan fingerprint density at radius 2 is 1.97 bits per heavy atom. The Kier molecular flexibility index (Phi) is 6.79. The zero-order chi connectivity index (χ0) is 23.4. The largest absolute Gasteiger partial charge is 0.497 e. The summed E-state index contributed by atoms with van der Waals surface area (Å²) in [6.07, 6.45) is 4.51. The SMILES string of the molecule is COc1ccc2[nH]cc(C3CCN(CCC(=O)Nc4ccc([N+](=O)[O-])cc4OC)CC3)c2c1. The van der Waals surface area contributed by atoms with E-state index in [2.05, 4.69) is 27.5 Å². The minimum Gasteiger partial charge on any atom is -0.497 e. The second-order valence-electron chi connectivity index (χ2n) is 8.21. The summed E-state index contributed by atoms with van der Waals surface area (Å²) in [6, 6.07) is 10.2. The Bertz CT molecular complexity index is 1150. The predicted octanol–water partition coefficient (Wildman–Crippen LogP) is 4.30. The fourth-order valence-corrected chi connectivity index (χ4v) is 4.42. The van der Waals surface area contributed by atoms with Crippen molar-refractivity contribution in [1.82, 2.24) is 9.88 Å². The van der Waals surface area contributed by atoms with E-state index < -0.39 is 4.92 Å². The molecule has 2 heterocycles. The minimum atomic E-state index is -0.496. The fourth-order valence-electron chi connectivity index (χ4n) is 4.42. The number of amides is 1. The van der Waals surface area contributed by atoms with Crippen LogP contribution in [0.2, 0.25) is 0 Å². The molecule has 1 fully saturated rings. The third-order valence-corrected chi connectivity index (χ3v) is 6.27. The predicted molar refractivity (Wildman–Crippen MR) is 126 cm³/mol. The monoisotopic (exact) mass is 452 g/mol. The van der Waals surface area contributed by atoms with Gasteiger partial charge in [-0.2, -0.15) is 0 Å². The van der Waals surface area contributed by atoms with Gasteiger partial charge in [0.05, 0.1) is 30.9 Å². The number of fused-ring (bicyclic) bond motifs is 1. The fraction of sp³-hybridized carbons (Fsp3) is 0.375. The van der Waals surface area contributed by atoms with Crippen LogP contribution in [0.25, 0.3) is 10.9 Å². The van der Waals surface area contributed by atoms with Crippen LogP contribution < -0.4 is 14.8 Å². The summed E-state index contributed by atoms with van der Waals surface area (Å²) in [5, 5.41) is 14.9. The summed E-state index contributed by atoms with van der Waals surface area (Å²) >= 11 is 0. The van der Waals surface area contributed by atoms with Gasteiger partial charge >= 0.3 is 0 Å². The zero-order valence-electron chi connectivity index (χ0n) is 18.8. The molecule has 0 aliphatic carbocycles. The maximum Gasteiger partial charge on any atom is 0.273 e. The average molecular weight is 453 g/mol. The van der Waals surface area contributed by atoms with Crippen LogP contribution in [0.5, 0.6) is 11.5 Å². The summed E-state index contributed by atoms with van der Waals surface area (Å²) in [6.45, 7) is 2.51. The van der Waals surface area contributed by atoms with E-state index in [-0.39, 0.29) is 17.3 Å². The number of nitro benzene ring substituents is 1. The molecular formula is C24H28N4O5. The van der Waals surface area contributed by atoms with Gasteiger partial charge in [-0.25, -0.2) is 0 Å². The van der Waals surface area contributed by atoms with Crippen molar-refractivity contribution in [3.63, 3.8) is 0 Å². The first kappa shape index (κ1) is 22.6. The lowest BCUT2D eigenvalue weighted by Crippen LogP contribution is -2.35. The standard InChI is InChI=1S/C24H28N4O5/c1-32-18-4-6-21-19(14-18)20(15-25-21)16-7-10-27(11-8-16)12-9-24(29)26-22-5-3-17(28(30)31)13-23(22)33-2/h3-6,13-16,25H,7-12H2,1-2H3,(H,26,29). The summed E-state index contributed by atoms with van der Waals surface area (Å²) in [4.78, 5) is 28.5. The third kappa shape index (κ3) is 5.09. The van der Waals surface area contributed by atoms with Gasteiger partial charge in [0.15, 0.2) is 0 Å². The summed E-state index contributed by atoms with van der Waals surface area (Å²) < 4.78 is 10.6. The molecule has 1 aromatic heterocycles. The first-order valence-electron chi connectivity index (χ1n) is 11.0. The quantitative estimate of drug-likeness (QED) is 0.389. The minimum absolute atomic E-state index is 0.0821. The van der Waals surface area contributed by atoms with Crippen molar-refractivity contribution in [3.8, 4) is 11.5 Å². The molecule has 0 radical (unpaired) electrons. The van der Waals surface area contributed by atoms with Gasteiger partial charge in [-0.05, 0) is 61.7 Å². The van der Waals surface area contributed by atoms with Gasteiger partial charge in [-0.3, -0.25) is 14.9 Å². The summed E-state index contributed by atoms with van der Waals surface area (Å²) in [5.74, 6) is 1.46. The number of aromatic nitrogens is 1. The maximum atomic E-state index is 12.5. The normalized spacial score (nSPS) is 14.8. The number of hydrogen-bond acceptors (Lipinski definition) is 6. The number of methoxy groups -OCH3 is 2. The van der Waals surface area contributed by atoms with E-state index in [4.69, 9.17) is 9.47 Å². The second kappa shape index (κ2) is 9.91. The van der Waals surface area contributed by atoms with E-state index in [0.717, 1.165) is 37.2 Å². The average Bonchev–Trinajstić information content (AvgIpc) is 3.26. The lowest BCUT2D eigenvalue weighted by molar-refractivity contribution is -0.384. The number of nitro groups is 1. The first-order chi connectivity index (χ1) is 16.0. The molecule has 2 aromatic carbocycles. The Morgan fingerprint density at radius 1 is 1.18 bits per heavy atom. The van der Waals surface area contributed by atoms with Crippen LogP contribution in [0, 0.1) is 10.1 Å². The van der Waals surface area contributed by atoms with E-state index in [0.29, 0.717) is 24.6 Å². The number of likely N-dealkylation sites (tertiary alicyclic amines) is 1. The van der Waals surface area contributed by atoms with E-state index in [9.17, 15) is 14.9 Å². The Balaban J connectivity index is 1.29. The highest BCUT2D eigenvalue weighted by Gasteiger charge is 2.23. The van der Waals surface area contributed by atoms with Crippen LogP contribution in [0.4, 0.5) is 11.4 Å². The highest BCUT2D eigenvalue weighted by atomic mass is 16.6. The van der Waals surface area contributed by atoms with Crippen LogP contribution in [0.1, 0.15) is 30.7 Å². The molecule has 9 heteroatoms. The van der Waals surface area contributed by atoms with E-state index in [1.54, 1.807) is 7.11 Å². The highest BCUT2D eigenvalue weighted by molar-refractivity contribution is 5.92. The molecule has 1 saturated heterocycles. The molecule has 3 aromatic rings. The maximum absolute atomic E-state index is 12.5. The van der Waals surface area contributed by atoms with Gasteiger partial charge in [-0.15, -0.1) is 0 Å². The molecule has 174 valence electrons. The van der Waals surface area contributed by atoms with E-state index in [1.165, 1.54) is 36.3 Å². The topological polar surface area (TPSA) is 110 Å². The van der Waals surface area contributed by atoms with Crippen molar-refractivity contribution in [2.24, 2.45) is 0 Å².